The molecule has 4 nitrogen and oxygen atoms in total. The van der Waals surface area contributed by atoms with E-state index in [4.69, 9.17) is 0 Å². The van der Waals surface area contributed by atoms with Crippen LogP contribution in [0.2, 0.25) is 0 Å². The third kappa shape index (κ3) is 3.91. The van der Waals surface area contributed by atoms with Crippen molar-refractivity contribution in [2.24, 2.45) is 5.41 Å². The maximum atomic E-state index is 4.44. The van der Waals surface area contributed by atoms with Gasteiger partial charge in [0.2, 0.25) is 6.34 Å². The topological polar surface area (TPSA) is 32.0 Å². The first-order valence-corrected chi connectivity index (χ1v) is 7.74. The average molecular weight is 295 g/mol. The van der Waals surface area contributed by atoms with Gasteiger partial charge in [-0.3, -0.25) is 19.4 Å². The molecule has 0 unspecified atom stereocenters. The van der Waals surface area contributed by atoms with Gasteiger partial charge in [0.1, 0.15) is 13.1 Å². The quantitative estimate of drug-likeness (QED) is 0.813. The fourth-order valence-corrected chi connectivity index (χ4v) is 3.06. The Morgan fingerprint density at radius 2 is 1.73 bits per heavy atom. The molecule has 22 heavy (non-hydrogen) atoms. The van der Waals surface area contributed by atoms with Gasteiger partial charge in [-0.25, -0.2) is 0 Å². The van der Waals surface area contributed by atoms with Gasteiger partial charge in [-0.2, -0.15) is 0 Å². The van der Waals surface area contributed by atoms with Crippen LogP contribution in [0.1, 0.15) is 25.2 Å². The summed E-state index contributed by atoms with van der Waals surface area (Å²) in [6.45, 7) is 8.42. The molecule has 1 aliphatic rings. The van der Waals surface area contributed by atoms with Crippen LogP contribution in [0.4, 0.5) is 0 Å². The Morgan fingerprint density at radius 1 is 1.05 bits per heavy atom. The van der Waals surface area contributed by atoms with Crippen LogP contribution in [-0.4, -0.2) is 38.9 Å². The summed E-state index contributed by atoms with van der Waals surface area (Å²) in [6, 6.07) is 12.2. The SMILES string of the molecule is CC1(C)CN(Cc2ccccn2)C=[N+](Cc2ccccn2)C1. The van der Waals surface area contributed by atoms with Gasteiger partial charge in [0.05, 0.1) is 24.5 Å². The molecule has 0 aliphatic carbocycles. The first-order chi connectivity index (χ1) is 10.6. The Hall–Kier alpha value is -2.23. The maximum absolute atomic E-state index is 4.44. The van der Waals surface area contributed by atoms with E-state index in [1.807, 2.05) is 36.7 Å². The van der Waals surface area contributed by atoms with Gasteiger partial charge < -0.3 is 0 Å². The van der Waals surface area contributed by atoms with Crippen molar-refractivity contribution >= 4 is 6.34 Å². The van der Waals surface area contributed by atoms with Crippen molar-refractivity contribution in [2.75, 3.05) is 13.1 Å². The molecule has 114 valence electrons. The highest BCUT2D eigenvalue weighted by Crippen LogP contribution is 2.21. The molecule has 0 amide bonds. The summed E-state index contributed by atoms with van der Waals surface area (Å²) in [6.07, 6.45) is 5.95. The summed E-state index contributed by atoms with van der Waals surface area (Å²) in [4.78, 5) is 11.2. The molecule has 2 aromatic heterocycles. The predicted octanol–water partition coefficient (Wildman–Crippen LogP) is 2.56. The predicted molar refractivity (Wildman–Crippen MR) is 87.6 cm³/mol. The molecular formula is C18H23N4+. The minimum Gasteiger partial charge on any atom is -0.262 e. The lowest BCUT2D eigenvalue weighted by atomic mass is 9.91. The number of pyridine rings is 2. The van der Waals surface area contributed by atoms with Gasteiger partial charge in [-0.15, -0.1) is 0 Å². The van der Waals surface area contributed by atoms with Crippen LogP contribution in [0.3, 0.4) is 0 Å². The van der Waals surface area contributed by atoms with Crippen molar-refractivity contribution in [1.29, 1.82) is 0 Å². The zero-order valence-corrected chi connectivity index (χ0v) is 13.3. The van der Waals surface area contributed by atoms with Crippen molar-refractivity contribution in [1.82, 2.24) is 14.9 Å². The Kier molecular flexibility index (Phi) is 4.18. The van der Waals surface area contributed by atoms with Crippen LogP contribution in [0, 0.1) is 5.41 Å². The smallest absolute Gasteiger partial charge is 0.234 e. The van der Waals surface area contributed by atoms with Crippen LogP contribution in [-0.2, 0) is 13.1 Å². The van der Waals surface area contributed by atoms with Crippen LogP contribution in [0.15, 0.2) is 48.8 Å². The summed E-state index contributed by atoms with van der Waals surface area (Å²) < 4.78 is 2.36. The fourth-order valence-electron chi connectivity index (χ4n) is 3.06. The maximum Gasteiger partial charge on any atom is 0.234 e. The zero-order chi connectivity index (χ0) is 15.4. The lowest BCUT2D eigenvalue weighted by molar-refractivity contribution is -0.564. The zero-order valence-electron chi connectivity index (χ0n) is 13.3. The van der Waals surface area contributed by atoms with E-state index in [1.54, 1.807) is 0 Å². The number of hydrogen-bond acceptors (Lipinski definition) is 3. The summed E-state index contributed by atoms with van der Waals surface area (Å²) in [5, 5.41) is 0. The number of aromatic nitrogens is 2. The first kappa shape index (κ1) is 14.7. The second-order valence-corrected chi connectivity index (χ2v) is 6.73. The highest BCUT2D eigenvalue weighted by molar-refractivity contribution is 5.50. The largest absolute Gasteiger partial charge is 0.262 e. The summed E-state index contributed by atoms with van der Waals surface area (Å²) in [5.74, 6) is 0. The summed E-state index contributed by atoms with van der Waals surface area (Å²) >= 11 is 0. The second-order valence-electron chi connectivity index (χ2n) is 6.73. The second kappa shape index (κ2) is 6.26. The molecule has 0 bridgehead atoms. The van der Waals surface area contributed by atoms with Gasteiger partial charge in [0.25, 0.3) is 0 Å². The van der Waals surface area contributed by atoms with Crippen molar-refractivity contribution in [3.05, 3.63) is 60.2 Å². The first-order valence-electron chi connectivity index (χ1n) is 7.74. The molecule has 1 aliphatic heterocycles. The van der Waals surface area contributed by atoms with Gasteiger partial charge in [-0.05, 0) is 24.3 Å². The molecule has 2 aromatic rings. The number of rotatable bonds is 4. The van der Waals surface area contributed by atoms with E-state index in [1.165, 1.54) is 0 Å². The van der Waals surface area contributed by atoms with E-state index in [0.29, 0.717) is 0 Å². The van der Waals surface area contributed by atoms with Gasteiger partial charge in [-0.1, -0.05) is 26.0 Å². The number of nitrogens with zero attached hydrogens (tertiary/aromatic N) is 4. The highest BCUT2D eigenvalue weighted by atomic mass is 15.2. The molecule has 3 rings (SSSR count). The monoisotopic (exact) mass is 295 g/mol. The Bertz CT molecular complexity index is 635. The van der Waals surface area contributed by atoms with Crippen LogP contribution in [0.25, 0.3) is 0 Å². The Labute approximate surface area is 132 Å². The molecule has 0 radical (unpaired) electrons. The van der Waals surface area contributed by atoms with Crippen LogP contribution in [0.5, 0.6) is 0 Å². The molecule has 3 heterocycles. The minimum absolute atomic E-state index is 0.248. The van der Waals surface area contributed by atoms with E-state index >= 15 is 0 Å². The molecule has 0 N–H and O–H groups in total. The fraction of sp³-hybridized carbons (Fsp3) is 0.389. The van der Waals surface area contributed by atoms with Gasteiger partial charge in [0.15, 0.2) is 0 Å². The van der Waals surface area contributed by atoms with E-state index in [-0.39, 0.29) is 5.41 Å². The van der Waals surface area contributed by atoms with Gasteiger partial charge >= 0.3 is 0 Å². The van der Waals surface area contributed by atoms with Crippen LogP contribution < -0.4 is 0 Å². The minimum atomic E-state index is 0.248. The molecule has 0 spiro atoms. The van der Waals surface area contributed by atoms with Crippen molar-refractivity contribution in [3.63, 3.8) is 0 Å². The highest BCUT2D eigenvalue weighted by Gasteiger charge is 2.32. The normalized spacial score (nSPS) is 17.2. The third-order valence-corrected chi connectivity index (χ3v) is 3.77. The molecule has 0 saturated carbocycles. The third-order valence-electron chi connectivity index (χ3n) is 3.77. The molecule has 0 saturated heterocycles. The summed E-state index contributed by atoms with van der Waals surface area (Å²) in [5.41, 5.74) is 2.46. The van der Waals surface area contributed by atoms with E-state index in [2.05, 4.69) is 51.8 Å². The van der Waals surface area contributed by atoms with Gasteiger partial charge in [0, 0.05) is 17.8 Å². The standard InChI is InChI=1S/C18H23N4/c1-18(2)13-21(11-16-7-3-5-9-19-16)15-22(14-18)12-17-8-4-6-10-20-17/h3-10,15H,11-14H2,1-2H3/q+1. The van der Waals surface area contributed by atoms with E-state index < -0.39 is 0 Å². The molecule has 0 fully saturated rings. The van der Waals surface area contributed by atoms with Crippen molar-refractivity contribution < 1.29 is 4.58 Å². The Morgan fingerprint density at radius 3 is 2.36 bits per heavy atom. The molecule has 0 atom stereocenters. The van der Waals surface area contributed by atoms with E-state index in [0.717, 1.165) is 37.6 Å². The lowest BCUT2D eigenvalue weighted by Crippen LogP contribution is -2.46. The van der Waals surface area contributed by atoms with Crippen molar-refractivity contribution in [2.45, 2.75) is 26.9 Å². The van der Waals surface area contributed by atoms with Crippen LogP contribution >= 0.6 is 0 Å². The number of hydrogen-bond donors (Lipinski definition) is 0. The van der Waals surface area contributed by atoms with E-state index in [9.17, 15) is 0 Å². The molecular weight excluding hydrogens is 272 g/mol. The lowest BCUT2D eigenvalue weighted by Gasteiger charge is -2.32. The summed E-state index contributed by atoms with van der Waals surface area (Å²) in [7, 11) is 0. The Balaban J connectivity index is 1.76. The average Bonchev–Trinajstić information content (AvgIpc) is 2.47. The van der Waals surface area contributed by atoms with Crippen molar-refractivity contribution in [3.8, 4) is 0 Å². The molecule has 0 aromatic carbocycles. The molecule has 4 heteroatoms.